The number of ketones is 1. The van der Waals surface area contributed by atoms with Crippen molar-refractivity contribution >= 4 is 29.1 Å². The first kappa shape index (κ1) is 26.7. The number of aliphatic hydroxyl groups excluding tert-OH is 1. The standard InChI is InChI=1S/C31H31NO6/c1-18(2)38-26(33)17-21-9-11-23(12-10-21)32-28(22-8-6-7-19(3)15-22)27(30(35)31(32)36)29(34)25-14-13-24(37-5)16-20(25)4/h6-16,18,28,34H,17H2,1-5H3/b29-27-. The molecule has 1 aliphatic heterocycles. The molecule has 38 heavy (non-hydrogen) atoms. The van der Waals surface area contributed by atoms with Gasteiger partial charge in [-0.2, -0.15) is 0 Å². The minimum Gasteiger partial charge on any atom is -0.507 e. The number of hydrogen-bond acceptors (Lipinski definition) is 6. The number of carbonyl (C=O) groups is 3. The molecule has 7 heteroatoms. The number of anilines is 1. The average molecular weight is 514 g/mol. The summed E-state index contributed by atoms with van der Waals surface area (Å²) >= 11 is 0. The van der Waals surface area contributed by atoms with Gasteiger partial charge in [0.15, 0.2) is 0 Å². The zero-order valence-corrected chi connectivity index (χ0v) is 22.1. The lowest BCUT2D eigenvalue weighted by molar-refractivity contribution is -0.146. The largest absolute Gasteiger partial charge is 0.507 e. The Hall–Kier alpha value is -4.39. The highest BCUT2D eigenvalue weighted by atomic mass is 16.5. The Bertz CT molecular complexity index is 1420. The van der Waals surface area contributed by atoms with Crippen LogP contribution in [0.4, 0.5) is 5.69 Å². The molecule has 1 atom stereocenters. The number of rotatable bonds is 7. The van der Waals surface area contributed by atoms with Gasteiger partial charge in [-0.25, -0.2) is 0 Å². The summed E-state index contributed by atoms with van der Waals surface area (Å²) in [6.45, 7) is 7.31. The second kappa shape index (κ2) is 10.9. The molecule has 1 saturated heterocycles. The number of amides is 1. The summed E-state index contributed by atoms with van der Waals surface area (Å²) in [7, 11) is 1.55. The molecule has 196 valence electrons. The van der Waals surface area contributed by atoms with Gasteiger partial charge in [-0.3, -0.25) is 19.3 Å². The zero-order chi connectivity index (χ0) is 27.6. The maximum atomic E-state index is 13.4. The number of nitrogens with zero attached hydrogens (tertiary/aromatic N) is 1. The van der Waals surface area contributed by atoms with Crippen LogP contribution in [0.1, 0.15) is 47.7 Å². The summed E-state index contributed by atoms with van der Waals surface area (Å²) in [4.78, 5) is 40.3. The molecule has 1 heterocycles. The van der Waals surface area contributed by atoms with E-state index in [1.165, 1.54) is 4.90 Å². The molecule has 0 bridgehead atoms. The van der Waals surface area contributed by atoms with Gasteiger partial charge >= 0.3 is 5.97 Å². The number of aryl methyl sites for hydroxylation is 2. The highest BCUT2D eigenvalue weighted by molar-refractivity contribution is 6.51. The molecule has 1 aliphatic rings. The highest BCUT2D eigenvalue weighted by Gasteiger charge is 2.47. The van der Waals surface area contributed by atoms with Gasteiger partial charge in [0.25, 0.3) is 11.7 Å². The van der Waals surface area contributed by atoms with Crippen LogP contribution in [0, 0.1) is 13.8 Å². The molecule has 1 amide bonds. The lowest BCUT2D eigenvalue weighted by Gasteiger charge is -2.26. The van der Waals surface area contributed by atoms with Gasteiger partial charge in [-0.05, 0) is 74.7 Å². The van der Waals surface area contributed by atoms with Crippen molar-refractivity contribution < 1.29 is 29.0 Å². The molecule has 7 nitrogen and oxygen atoms in total. The molecule has 1 unspecified atom stereocenters. The predicted molar refractivity (Wildman–Crippen MR) is 145 cm³/mol. The third-order valence-electron chi connectivity index (χ3n) is 6.42. The topological polar surface area (TPSA) is 93.1 Å². The van der Waals surface area contributed by atoms with E-state index >= 15 is 0 Å². The molecule has 1 N–H and O–H groups in total. The van der Waals surface area contributed by atoms with E-state index in [-0.39, 0.29) is 29.8 Å². The normalized spacial score (nSPS) is 16.7. The van der Waals surface area contributed by atoms with Crippen molar-refractivity contribution in [2.45, 2.75) is 46.3 Å². The van der Waals surface area contributed by atoms with Crippen LogP contribution in [0.25, 0.3) is 5.76 Å². The van der Waals surface area contributed by atoms with Gasteiger partial charge in [0.2, 0.25) is 0 Å². The average Bonchev–Trinajstić information content (AvgIpc) is 3.14. The van der Waals surface area contributed by atoms with Gasteiger partial charge in [-0.1, -0.05) is 42.0 Å². The molecule has 3 aromatic carbocycles. The monoisotopic (exact) mass is 513 g/mol. The second-order valence-corrected chi connectivity index (χ2v) is 9.65. The third kappa shape index (κ3) is 5.32. The zero-order valence-electron chi connectivity index (χ0n) is 22.1. The van der Waals surface area contributed by atoms with E-state index in [9.17, 15) is 19.5 Å². The summed E-state index contributed by atoms with van der Waals surface area (Å²) in [5.41, 5.74) is 4.00. The van der Waals surface area contributed by atoms with Crippen molar-refractivity contribution in [1.82, 2.24) is 0 Å². The maximum Gasteiger partial charge on any atom is 0.310 e. The van der Waals surface area contributed by atoms with E-state index < -0.39 is 17.7 Å². The molecule has 0 spiro atoms. The molecule has 0 saturated carbocycles. The molecule has 0 aromatic heterocycles. The Morgan fingerprint density at radius 1 is 1.00 bits per heavy atom. The van der Waals surface area contributed by atoms with Gasteiger partial charge in [0.05, 0.1) is 31.2 Å². The number of hydrogen-bond donors (Lipinski definition) is 1. The van der Waals surface area contributed by atoms with E-state index in [1.807, 2.05) is 31.2 Å². The van der Waals surface area contributed by atoms with Crippen LogP contribution in [0.3, 0.4) is 0 Å². The van der Waals surface area contributed by atoms with Gasteiger partial charge in [0, 0.05) is 11.3 Å². The number of aliphatic hydroxyl groups is 1. The first-order chi connectivity index (χ1) is 18.1. The molecular formula is C31H31NO6. The molecule has 0 aliphatic carbocycles. The van der Waals surface area contributed by atoms with Crippen LogP contribution in [-0.4, -0.2) is 36.0 Å². The van der Waals surface area contributed by atoms with Crippen LogP contribution in [-0.2, 0) is 25.5 Å². The molecular weight excluding hydrogens is 482 g/mol. The van der Waals surface area contributed by atoms with E-state index in [1.54, 1.807) is 70.3 Å². The lowest BCUT2D eigenvalue weighted by Crippen LogP contribution is -2.29. The lowest BCUT2D eigenvalue weighted by atomic mass is 9.93. The molecule has 0 radical (unpaired) electrons. The number of ether oxygens (including phenoxy) is 2. The summed E-state index contributed by atoms with van der Waals surface area (Å²) in [5.74, 6) is -1.48. The van der Waals surface area contributed by atoms with Crippen LogP contribution in [0.5, 0.6) is 5.75 Å². The Morgan fingerprint density at radius 3 is 2.32 bits per heavy atom. The van der Waals surface area contributed by atoms with Gasteiger partial charge in [-0.15, -0.1) is 0 Å². The van der Waals surface area contributed by atoms with Crippen molar-refractivity contribution in [2.75, 3.05) is 12.0 Å². The number of carbonyl (C=O) groups excluding carboxylic acids is 3. The first-order valence-corrected chi connectivity index (χ1v) is 12.4. The highest BCUT2D eigenvalue weighted by Crippen LogP contribution is 2.43. The summed E-state index contributed by atoms with van der Waals surface area (Å²) in [5, 5.41) is 11.4. The SMILES string of the molecule is COc1ccc(/C(O)=C2/C(=O)C(=O)N(c3ccc(CC(=O)OC(C)C)cc3)C2c2cccc(C)c2)c(C)c1. The maximum absolute atomic E-state index is 13.4. The van der Waals surface area contributed by atoms with Crippen molar-refractivity contribution in [3.63, 3.8) is 0 Å². The quantitative estimate of drug-likeness (QED) is 0.196. The van der Waals surface area contributed by atoms with Crippen LogP contribution in [0.15, 0.2) is 72.3 Å². The van der Waals surface area contributed by atoms with Crippen LogP contribution < -0.4 is 9.64 Å². The number of Topliss-reactive ketones (excluding diaryl/α,β-unsaturated/α-hetero) is 1. The van der Waals surface area contributed by atoms with Crippen molar-refractivity contribution in [1.29, 1.82) is 0 Å². The summed E-state index contributed by atoms with van der Waals surface area (Å²) in [6, 6.07) is 18.7. The Labute approximate surface area is 222 Å². The van der Waals surface area contributed by atoms with Crippen molar-refractivity contribution in [2.24, 2.45) is 0 Å². The number of esters is 1. The fraction of sp³-hybridized carbons (Fsp3) is 0.258. The number of methoxy groups -OCH3 is 1. The fourth-order valence-corrected chi connectivity index (χ4v) is 4.67. The van der Waals surface area contributed by atoms with Crippen molar-refractivity contribution in [3.05, 3.63) is 100 Å². The third-order valence-corrected chi connectivity index (χ3v) is 6.42. The minimum atomic E-state index is -0.840. The van der Waals surface area contributed by atoms with E-state index in [0.717, 1.165) is 11.1 Å². The minimum absolute atomic E-state index is 0.0125. The fourth-order valence-electron chi connectivity index (χ4n) is 4.67. The summed E-state index contributed by atoms with van der Waals surface area (Å²) < 4.78 is 10.5. The smallest absolute Gasteiger partial charge is 0.310 e. The van der Waals surface area contributed by atoms with Gasteiger partial charge < -0.3 is 14.6 Å². The van der Waals surface area contributed by atoms with Crippen LogP contribution >= 0.6 is 0 Å². The van der Waals surface area contributed by atoms with E-state index in [4.69, 9.17) is 9.47 Å². The Balaban J connectivity index is 1.81. The Kier molecular flexibility index (Phi) is 7.67. The van der Waals surface area contributed by atoms with Gasteiger partial charge in [0.1, 0.15) is 11.5 Å². The predicted octanol–water partition coefficient (Wildman–Crippen LogP) is 5.43. The molecule has 1 fully saturated rings. The van der Waals surface area contributed by atoms with Crippen molar-refractivity contribution in [3.8, 4) is 5.75 Å². The van der Waals surface area contributed by atoms with E-state index in [2.05, 4.69) is 0 Å². The first-order valence-electron chi connectivity index (χ1n) is 12.4. The van der Waals surface area contributed by atoms with E-state index in [0.29, 0.717) is 28.1 Å². The Morgan fingerprint density at radius 2 is 1.71 bits per heavy atom. The number of benzene rings is 3. The van der Waals surface area contributed by atoms with Crippen LogP contribution in [0.2, 0.25) is 0 Å². The molecule has 4 rings (SSSR count). The second-order valence-electron chi connectivity index (χ2n) is 9.65. The summed E-state index contributed by atoms with van der Waals surface area (Å²) in [6.07, 6.45) is -0.118. The molecule has 3 aromatic rings.